The maximum Gasteiger partial charge on any atom is 0.123 e. The molecular weight excluding hydrogens is 229 g/mol. The zero-order valence-corrected chi connectivity index (χ0v) is 10.8. The molecule has 0 aliphatic heterocycles. The van der Waals surface area contributed by atoms with Crippen LogP contribution in [-0.2, 0) is 6.54 Å². The van der Waals surface area contributed by atoms with Gasteiger partial charge in [0, 0.05) is 12.1 Å². The van der Waals surface area contributed by atoms with Gasteiger partial charge >= 0.3 is 0 Å². The third-order valence-electron chi connectivity index (χ3n) is 3.81. The Hall–Kier alpha value is -1.09. The highest BCUT2D eigenvalue weighted by Gasteiger charge is 2.12. The molecule has 0 bridgehead atoms. The van der Waals surface area contributed by atoms with Gasteiger partial charge in [-0.25, -0.2) is 4.39 Å². The summed E-state index contributed by atoms with van der Waals surface area (Å²) < 4.78 is 13.0. The van der Waals surface area contributed by atoms with Crippen molar-refractivity contribution in [3.63, 3.8) is 0 Å². The minimum atomic E-state index is -0.295. The van der Waals surface area contributed by atoms with Crippen molar-refractivity contribution in [2.24, 2.45) is 5.92 Å². The Labute approximate surface area is 108 Å². The third kappa shape index (κ3) is 3.98. The lowest BCUT2D eigenvalue weighted by Gasteiger charge is -2.21. The van der Waals surface area contributed by atoms with E-state index in [2.05, 4.69) is 5.32 Å². The van der Waals surface area contributed by atoms with Crippen LogP contribution in [0.25, 0.3) is 0 Å². The van der Waals surface area contributed by atoms with Gasteiger partial charge in [-0.3, -0.25) is 0 Å². The van der Waals surface area contributed by atoms with Crippen molar-refractivity contribution in [1.82, 2.24) is 5.32 Å². The van der Waals surface area contributed by atoms with Crippen LogP contribution in [0.15, 0.2) is 18.2 Å². The molecule has 0 atom stereocenters. The topological polar surface area (TPSA) is 32.3 Å². The van der Waals surface area contributed by atoms with Gasteiger partial charge in [0.1, 0.15) is 11.6 Å². The standard InChI is InChI=1S/C15H22FNO/c16-14-6-7-15(18)13(10-14)11-17-9-8-12-4-2-1-3-5-12/h6-7,10,12,17-18H,1-5,8-9,11H2. The van der Waals surface area contributed by atoms with Gasteiger partial charge < -0.3 is 10.4 Å². The average molecular weight is 251 g/mol. The number of rotatable bonds is 5. The maximum absolute atomic E-state index is 13.0. The van der Waals surface area contributed by atoms with Gasteiger partial charge in [-0.05, 0) is 37.1 Å². The fourth-order valence-electron chi connectivity index (χ4n) is 2.70. The molecule has 0 heterocycles. The van der Waals surface area contributed by atoms with Gasteiger partial charge in [0.25, 0.3) is 0 Å². The predicted molar refractivity (Wildman–Crippen MR) is 71.0 cm³/mol. The molecule has 1 aromatic carbocycles. The van der Waals surface area contributed by atoms with Crippen LogP contribution in [0.1, 0.15) is 44.1 Å². The molecule has 2 rings (SSSR count). The van der Waals surface area contributed by atoms with E-state index in [4.69, 9.17) is 0 Å². The second kappa shape index (κ2) is 6.74. The van der Waals surface area contributed by atoms with Crippen molar-refractivity contribution in [2.75, 3.05) is 6.54 Å². The number of benzene rings is 1. The van der Waals surface area contributed by atoms with Crippen molar-refractivity contribution < 1.29 is 9.50 Å². The van der Waals surface area contributed by atoms with E-state index in [1.807, 2.05) is 0 Å². The number of nitrogens with one attached hydrogen (secondary N) is 1. The van der Waals surface area contributed by atoms with Crippen LogP contribution in [0.2, 0.25) is 0 Å². The molecule has 0 unspecified atom stereocenters. The van der Waals surface area contributed by atoms with E-state index in [1.165, 1.54) is 56.7 Å². The van der Waals surface area contributed by atoms with Crippen molar-refractivity contribution in [2.45, 2.75) is 45.1 Å². The van der Waals surface area contributed by atoms with Crippen molar-refractivity contribution >= 4 is 0 Å². The zero-order valence-electron chi connectivity index (χ0n) is 10.8. The van der Waals surface area contributed by atoms with Crippen LogP contribution >= 0.6 is 0 Å². The Morgan fingerprint density at radius 1 is 1.22 bits per heavy atom. The summed E-state index contributed by atoms with van der Waals surface area (Å²) in [5.74, 6) is 0.728. The van der Waals surface area contributed by atoms with Crippen LogP contribution < -0.4 is 5.32 Å². The molecule has 0 spiro atoms. The van der Waals surface area contributed by atoms with Gasteiger partial charge in [0.15, 0.2) is 0 Å². The second-order valence-electron chi connectivity index (χ2n) is 5.24. The second-order valence-corrected chi connectivity index (χ2v) is 5.24. The molecule has 1 aromatic rings. The summed E-state index contributed by atoms with van der Waals surface area (Å²) in [6, 6.07) is 4.08. The lowest BCUT2D eigenvalue weighted by molar-refractivity contribution is 0.333. The molecule has 0 aromatic heterocycles. The van der Waals surface area contributed by atoms with E-state index in [1.54, 1.807) is 0 Å². The van der Waals surface area contributed by atoms with Crippen molar-refractivity contribution in [3.05, 3.63) is 29.6 Å². The molecule has 18 heavy (non-hydrogen) atoms. The number of phenols is 1. The smallest absolute Gasteiger partial charge is 0.123 e. The number of hydrogen-bond acceptors (Lipinski definition) is 2. The summed E-state index contributed by atoms with van der Waals surface area (Å²) >= 11 is 0. The third-order valence-corrected chi connectivity index (χ3v) is 3.81. The van der Waals surface area contributed by atoms with Crippen LogP contribution in [0.5, 0.6) is 5.75 Å². The molecule has 1 saturated carbocycles. The first kappa shape index (κ1) is 13.3. The Kier molecular flexibility index (Phi) is 5.00. The molecule has 1 aliphatic rings. The largest absolute Gasteiger partial charge is 0.508 e. The van der Waals surface area contributed by atoms with Crippen molar-refractivity contribution in [1.29, 1.82) is 0 Å². The number of hydrogen-bond donors (Lipinski definition) is 2. The SMILES string of the molecule is Oc1ccc(F)cc1CNCCC1CCCCC1. The quantitative estimate of drug-likeness (QED) is 0.784. The van der Waals surface area contributed by atoms with Gasteiger partial charge in [0.05, 0.1) is 0 Å². The van der Waals surface area contributed by atoms with E-state index in [0.29, 0.717) is 12.1 Å². The molecule has 0 saturated heterocycles. The first-order valence-corrected chi connectivity index (χ1v) is 6.94. The Morgan fingerprint density at radius 2 is 2.00 bits per heavy atom. The molecule has 0 amide bonds. The zero-order chi connectivity index (χ0) is 12.8. The molecular formula is C15H22FNO. The highest BCUT2D eigenvalue weighted by atomic mass is 19.1. The van der Waals surface area contributed by atoms with Gasteiger partial charge in [0.2, 0.25) is 0 Å². The lowest BCUT2D eigenvalue weighted by atomic mass is 9.87. The monoisotopic (exact) mass is 251 g/mol. The minimum Gasteiger partial charge on any atom is -0.508 e. The Bertz CT molecular complexity index is 375. The molecule has 3 heteroatoms. The highest BCUT2D eigenvalue weighted by Crippen LogP contribution is 2.25. The lowest BCUT2D eigenvalue weighted by Crippen LogP contribution is -2.19. The minimum absolute atomic E-state index is 0.168. The summed E-state index contributed by atoms with van der Waals surface area (Å²) in [5.41, 5.74) is 0.638. The number of halogens is 1. The fourth-order valence-corrected chi connectivity index (χ4v) is 2.70. The summed E-state index contributed by atoms with van der Waals surface area (Å²) in [4.78, 5) is 0. The predicted octanol–water partition coefficient (Wildman–Crippen LogP) is 3.59. The van der Waals surface area contributed by atoms with Gasteiger partial charge in [-0.1, -0.05) is 32.1 Å². The van der Waals surface area contributed by atoms with E-state index < -0.39 is 0 Å². The van der Waals surface area contributed by atoms with Crippen LogP contribution in [-0.4, -0.2) is 11.7 Å². The summed E-state index contributed by atoms with van der Waals surface area (Å²) in [6.45, 7) is 1.48. The normalized spacial score (nSPS) is 16.9. The van der Waals surface area contributed by atoms with E-state index in [0.717, 1.165) is 12.5 Å². The van der Waals surface area contributed by atoms with Gasteiger partial charge in [-0.15, -0.1) is 0 Å². The van der Waals surface area contributed by atoms with E-state index in [9.17, 15) is 9.50 Å². The highest BCUT2D eigenvalue weighted by molar-refractivity contribution is 5.32. The summed E-state index contributed by atoms with van der Waals surface area (Å²) in [6.07, 6.45) is 8.03. The molecule has 0 radical (unpaired) electrons. The van der Waals surface area contributed by atoms with E-state index >= 15 is 0 Å². The summed E-state index contributed by atoms with van der Waals surface area (Å²) in [7, 11) is 0. The van der Waals surface area contributed by atoms with Crippen molar-refractivity contribution in [3.8, 4) is 5.75 Å². The average Bonchev–Trinajstić information content (AvgIpc) is 2.40. The summed E-state index contributed by atoms with van der Waals surface area (Å²) in [5, 5.41) is 12.9. The van der Waals surface area contributed by atoms with E-state index in [-0.39, 0.29) is 11.6 Å². The Balaban J connectivity index is 1.69. The van der Waals surface area contributed by atoms with Crippen LogP contribution in [0.4, 0.5) is 4.39 Å². The molecule has 1 aliphatic carbocycles. The number of phenolic OH excluding ortho intramolecular Hbond substituents is 1. The molecule has 2 nitrogen and oxygen atoms in total. The number of aromatic hydroxyl groups is 1. The molecule has 2 N–H and O–H groups in total. The molecule has 1 fully saturated rings. The molecule has 100 valence electrons. The first-order chi connectivity index (χ1) is 8.75. The Morgan fingerprint density at radius 3 is 2.78 bits per heavy atom. The first-order valence-electron chi connectivity index (χ1n) is 6.94. The van der Waals surface area contributed by atoms with Crippen LogP contribution in [0, 0.1) is 11.7 Å². The fraction of sp³-hybridized carbons (Fsp3) is 0.600. The van der Waals surface area contributed by atoms with Gasteiger partial charge in [-0.2, -0.15) is 0 Å². The van der Waals surface area contributed by atoms with Crippen LogP contribution in [0.3, 0.4) is 0 Å². The maximum atomic E-state index is 13.0.